The van der Waals surface area contributed by atoms with Gasteiger partial charge >= 0.3 is 5.97 Å². The minimum absolute atomic E-state index is 0.292. The first-order valence-electron chi connectivity index (χ1n) is 6.51. The van der Waals surface area contributed by atoms with Gasteiger partial charge in [-0.05, 0) is 30.9 Å². The van der Waals surface area contributed by atoms with Crippen molar-refractivity contribution in [2.75, 3.05) is 13.2 Å². The van der Waals surface area contributed by atoms with Gasteiger partial charge in [0.05, 0.1) is 17.3 Å². The Morgan fingerprint density at radius 1 is 1.58 bits per heavy atom. The average molecular weight is 260 g/mol. The van der Waals surface area contributed by atoms with Crippen molar-refractivity contribution in [3.05, 3.63) is 35.9 Å². The molecule has 0 aliphatic carbocycles. The maximum atomic E-state index is 10.9. The summed E-state index contributed by atoms with van der Waals surface area (Å²) in [5, 5.41) is 8.97. The largest absolute Gasteiger partial charge is 0.478 e. The molecular formula is C14H16N2O3. The van der Waals surface area contributed by atoms with Crippen molar-refractivity contribution in [2.24, 2.45) is 5.92 Å². The monoisotopic (exact) mass is 260 g/mol. The number of aromatic nitrogens is 2. The van der Waals surface area contributed by atoms with Crippen molar-refractivity contribution in [3.8, 4) is 0 Å². The highest BCUT2D eigenvalue weighted by molar-refractivity contribution is 5.88. The van der Waals surface area contributed by atoms with Crippen molar-refractivity contribution >= 4 is 11.5 Å². The van der Waals surface area contributed by atoms with E-state index in [2.05, 4.69) is 4.98 Å². The van der Waals surface area contributed by atoms with E-state index in [-0.39, 0.29) is 0 Å². The molecule has 0 amide bonds. The van der Waals surface area contributed by atoms with Crippen LogP contribution in [0, 0.1) is 5.92 Å². The van der Waals surface area contributed by atoms with Gasteiger partial charge in [0.1, 0.15) is 5.82 Å². The summed E-state index contributed by atoms with van der Waals surface area (Å²) >= 11 is 0. The van der Waals surface area contributed by atoms with Gasteiger partial charge in [0.15, 0.2) is 0 Å². The molecule has 19 heavy (non-hydrogen) atoms. The first kappa shape index (κ1) is 12.2. The highest BCUT2D eigenvalue weighted by Gasteiger charge is 2.17. The minimum Gasteiger partial charge on any atom is -0.478 e. The summed E-state index contributed by atoms with van der Waals surface area (Å²) in [5.41, 5.74) is 1.12. The van der Waals surface area contributed by atoms with Crippen LogP contribution >= 0.6 is 0 Å². The second kappa shape index (κ2) is 5.01. The lowest BCUT2D eigenvalue weighted by Gasteiger charge is -2.21. The molecule has 5 nitrogen and oxygen atoms in total. The molecule has 3 heterocycles. The van der Waals surface area contributed by atoms with E-state index < -0.39 is 5.97 Å². The quantitative estimate of drug-likeness (QED) is 0.916. The van der Waals surface area contributed by atoms with Crippen LogP contribution in [-0.2, 0) is 11.2 Å². The van der Waals surface area contributed by atoms with Gasteiger partial charge in [-0.1, -0.05) is 0 Å². The molecule has 1 unspecified atom stereocenters. The van der Waals surface area contributed by atoms with Gasteiger partial charge in [0.25, 0.3) is 0 Å². The number of pyridine rings is 1. The highest BCUT2D eigenvalue weighted by Crippen LogP contribution is 2.19. The number of aromatic carboxylic acids is 1. The summed E-state index contributed by atoms with van der Waals surface area (Å²) < 4.78 is 7.44. The number of hydrogen-bond donors (Lipinski definition) is 1. The summed E-state index contributed by atoms with van der Waals surface area (Å²) in [6.07, 6.45) is 6.66. The molecular weight excluding hydrogens is 244 g/mol. The highest BCUT2D eigenvalue weighted by atomic mass is 16.5. The van der Waals surface area contributed by atoms with Gasteiger partial charge in [-0.2, -0.15) is 0 Å². The van der Waals surface area contributed by atoms with Crippen LogP contribution in [-0.4, -0.2) is 33.7 Å². The van der Waals surface area contributed by atoms with E-state index in [0.29, 0.717) is 11.5 Å². The molecule has 1 aliphatic heterocycles. The minimum atomic E-state index is -0.911. The predicted octanol–water partition coefficient (Wildman–Crippen LogP) is 2.00. The van der Waals surface area contributed by atoms with Gasteiger partial charge < -0.3 is 14.2 Å². The van der Waals surface area contributed by atoms with Gasteiger partial charge in [0, 0.05) is 25.8 Å². The molecule has 1 aliphatic rings. The Bertz CT molecular complexity index is 600. The Morgan fingerprint density at radius 3 is 3.21 bits per heavy atom. The lowest BCUT2D eigenvalue weighted by atomic mass is 9.98. The fourth-order valence-electron chi connectivity index (χ4n) is 2.57. The molecule has 100 valence electrons. The Balaban J connectivity index is 1.86. The van der Waals surface area contributed by atoms with E-state index in [0.717, 1.165) is 37.4 Å². The topological polar surface area (TPSA) is 63.8 Å². The van der Waals surface area contributed by atoms with Crippen LogP contribution in [0.4, 0.5) is 0 Å². The van der Waals surface area contributed by atoms with Crippen LogP contribution in [0.5, 0.6) is 0 Å². The second-order valence-electron chi connectivity index (χ2n) is 4.98. The smallest absolute Gasteiger partial charge is 0.335 e. The standard InChI is InChI=1S/C14H16N2O3/c17-14(18)11-3-4-16-12(7-11)8-15-13(16)6-10-2-1-5-19-9-10/h3-4,7-8,10H,1-2,5-6,9H2,(H,17,18). The van der Waals surface area contributed by atoms with Crippen LogP contribution in [0.2, 0.25) is 0 Å². The molecule has 0 bridgehead atoms. The molecule has 0 radical (unpaired) electrons. The summed E-state index contributed by atoms with van der Waals surface area (Å²) in [5.74, 6) is 0.576. The van der Waals surface area contributed by atoms with Crippen LogP contribution < -0.4 is 0 Å². The zero-order valence-electron chi connectivity index (χ0n) is 10.6. The lowest BCUT2D eigenvalue weighted by molar-refractivity contribution is 0.0542. The fraction of sp³-hybridized carbons (Fsp3) is 0.429. The molecule has 0 spiro atoms. The van der Waals surface area contributed by atoms with E-state index in [9.17, 15) is 4.79 Å². The SMILES string of the molecule is O=C(O)c1ccn2c(CC3CCCOC3)ncc2c1. The molecule has 3 rings (SSSR count). The van der Waals surface area contributed by atoms with E-state index in [1.54, 1.807) is 24.5 Å². The van der Waals surface area contributed by atoms with E-state index in [4.69, 9.17) is 9.84 Å². The third-order valence-corrected chi connectivity index (χ3v) is 3.58. The predicted molar refractivity (Wildman–Crippen MR) is 69.4 cm³/mol. The molecule has 0 saturated carbocycles. The number of fused-ring (bicyclic) bond motifs is 1. The number of carboxylic acids is 1. The zero-order valence-corrected chi connectivity index (χ0v) is 10.6. The van der Waals surface area contributed by atoms with Crippen molar-refractivity contribution in [1.82, 2.24) is 9.38 Å². The first-order chi connectivity index (χ1) is 9.24. The van der Waals surface area contributed by atoms with Gasteiger partial charge in [-0.25, -0.2) is 9.78 Å². The van der Waals surface area contributed by atoms with Crippen molar-refractivity contribution in [2.45, 2.75) is 19.3 Å². The van der Waals surface area contributed by atoms with Crippen molar-refractivity contribution in [3.63, 3.8) is 0 Å². The Kier molecular flexibility index (Phi) is 3.21. The number of carbonyl (C=O) groups is 1. The van der Waals surface area contributed by atoms with Gasteiger partial charge in [0.2, 0.25) is 0 Å². The Morgan fingerprint density at radius 2 is 2.47 bits per heavy atom. The van der Waals surface area contributed by atoms with Crippen LogP contribution in [0.1, 0.15) is 29.0 Å². The molecule has 2 aromatic rings. The fourth-order valence-corrected chi connectivity index (χ4v) is 2.57. The third kappa shape index (κ3) is 2.46. The average Bonchev–Trinajstić information content (AvgIpc) is 2.82. The summed E-state index contributed by atoms with van der Waals surface area (Å²) in [4.78, 5) is 15.3. The van der Waals surface area contributed by atoms with E-state index >= 15 is 0 Å². The molecule has 1 saturated heterocycles. The molecule has 2 aromatic heterocycles. The number of nitrogens with zero attached hydrogens (tertiary/aromatic N) is 2. The van der Waals surface area contributed by atoms with Crippen LogP contribution in [0.25, 0.3) is 5.52 Å². The summed E-state index contributed by atoms with van der Waals surface area (Å²) in [6.45, 7) is 1.66. The normalized spacial score (nSPS) is 19.7. The van der Waals surface area contributed by atoms with Gasteiger partial charge in [-0.3, -0.25) is 0 Å². The Labute approximate surface area is 110 Å². The Hall–Kier alpha value is -1.88. The number of imidazole rings is 1. The van der Waals surface area contributed by atoms with E-state index in [1.165, 1.54) is 6.42 Å². The lowest BCUT2D eigenvalue weighted by Crippen LogP contribution is -2.20. The van der Waals surface area contributed by atoms with Crippen molar-refractivity contribution < 1.29 is 14.6 Å². The second-order valence-corrected chi connectivity index (χ2v) is 4.98. The maximum absolute atomic E-state index is 10.9. The molecule has 0 aromatic carbocycles. The van der Waals surface area contributed by atoms with E-state index in [1.807, 2.05) is 4.40 Å². The summed E-state index contributed by atoms with van der Waals surface area (Å²) in [7, 11) is 0. The van der Waals surface area contributed by atoms with Crippen molar-refractivity contribution in [1.29, 1.82) is 0 Å². The zero-order chi connectivity index (χ0) is 13.2. The molecule has 1 fully saturated rings. The maximum Gasteiger partial charge on any atom is 0.335 e. The third-order valence-electron chi connectivity index (χ3n) is 3.58. The van der Waals surface area contributed by atoms with Crippen LogP contribution in [0.3, 0.4) is 0 Å². The number of carboxylic acid groups (broad SMARTS) is 1. The molecule has 1 N–H and O–H groups in total. The number of ether oxygens (including phenoxy) is 1. The van der Waals surface area contributed by atoms with Gasteiger partial charge in [-0.15, -0.1) is 0 Å². The molecule has 5 heteroatoms. The summed E-state index contributed by atoms with van der Waals surface area (Å²) in [6, 6.07) is 3.26. The van der Waals surface area contributed by atoms with Crippen LogP contribution in [0.15, 0.2) is 24.5 Å². The molecule has 1 atom stereocenters. The number of rotatable bonds is 3. The number of hydrogen-bond acceptors (Lipinski definition) is 3. The first-order valence-corrected chi connectivity index (χ1v) is 6.51.